The van der Waals surface area contributed by atoms with Gasteiger partial charge in [-0.1, -0.05) is 196 Å². The minimum absolute atomic E-state index is 0.300. The van der Waals surface area contributed by atoms with Gasteiger partial charge in [0.25, 0.3) is 0 Å². The van der Waals surface area contributed by atoms with Crippen molar-refractivity contribution in [3.05, 3.63) is 0 Å². The van der Waals surface area contributed by atoms with Crippen molar-refractivity contribution in [2.24, 2.45) is 185 Å². The van der Waals surface area contributed by atoms with Crippen LogP contribution in [0.4, 0.5) is 0 Å². The molecule has 2 nitrogen and oxygen atoms in total. The molecule has 3 saturated heterocycles. The van der Waals surface area contributed by atoms with Crippen molar-refractivity contribution in [3.63, 3.8) is 0 Å². The largest absolute Gasteiger partial charge is 0.380 e. The van der Waals surface area contributed by atoms with Crippen LogP contribution in [0.2, 0.25) is 0 Å². The Morgan fingerprint density at radius 1 is 0.312 bits per heavy atom. The molecule has 4 unspecified atom stereocenters. The quantitative estimate of drug-likeness (QED) is 0.229. The van der Waals surface area contributed by atoms with Gasteiger partial charge in [0.15, 0.2) is 0 Å². The van der Waals surface area contributed by atoms with E-state index in [9.17, 15) is 0 Å². The van der Waals surface area contributed by atoms with Crippen LogP contribution in [0, 0.1) is 185 Å². The molecule has 96 heavy (non-hydrogen) atoms. The molecule has 21 aliphatic carbocycles. The average Bonchev–Trinajstić information content (AvgIpc) is 0.643. The maximum absolute atomic E-state index is 6.27. The number of ether oxygens (including phenoxy) is 2. The van der Waals surface area contributed by atoms with Crippen LogP contribution in [0.15, 0.2) is 0 Å². The van der Waals surface area contributed by atoms with Crippen molar-refractivity contribution in [2.75, 3.05) is 13.2 Å². The van der Waals surface area contributed by atoms with E-state index in [0.717, 1.165) is 152 Å². The Kier molecular flexibility index (Phi) is 21.9. The molecule has 5 spiro atoms. The van der Waals surface area contributed by atoms with Gasteiger partial charge in [-0.05, 0) is 366 Å². The molecule has 0 radical (unpaired) electrons. The fourth-order valence-corrected chi connectivity index (χ4v) is 28.9. The number of hydrogen-bond acceptors (Lipinski definition) is 2. The molecule has 0 amide bonds. The Balaban J connectivity index is 0.0000000981. The third-order valence-electron chi connectivity index (χ3n) is 37.0. The molecule has 0 aromatic carbocycles. The molecule has 552 valence electrons. The smallest absolute Gasteiger partial charge is 0.0714 e. The zero-order valence-electron chi connectivity index (χ0n) is 67.7. The summed E-state index contributed by atoms with van der Waals surface area (Å²) < 4.78 is 11.5. The molecule has 24 aliphatic rings. The summed E-state index contributed by atoms with van der Waals surface area (Å²) >= 11 is 0. The summed E-state index contributed by atoms with van der Waals surface area (Å²) in [6.45, 7) is 47.3. The van der Waals surface area contributed by atoms with Gasteiger partial charge in [0.2, 0.25) is 0 Å². The SMILES string of the molecule is CC(C)C1(C)CC1.CC(C)C12C3C4C5C3C1C5C42.CC(C)C12CC(C1)C2.CC(C)C12CC3CC(CC(C3)O1)C2.CC(C)C1CC2(CCC2)C1.CC(C)C1CC2(CCCCC2)C1.CC(C)C1CC2(COC2)C1.CC(C)C1CCC12CCCCC2.CC(C)C1CCC2(CCCCC2)C1. The standard InChI is InChI=1S/C13H24.C12H20O.2C12H22.C11H14.C10H18.C9H16O.C8H14.C7H14/c1-11(2)12-6-9-13(10-12)7-4-3-5-8-13;1-8(2)12-6-9-3-10(7-12)5-11(4-9)13-12;1-10(2)11-6-9-12(11)7-4-3-5-8-12;1-10(2)11-8-12(9-11)6-4-3-5-7-12;1-3(2)11-8-5-4-6(8)10(11)7(4)9(5)11;1-8(2)9-6-10(7-9)4-3-5-10;1-7(2)8-3-9(4-8)5-10-6-9;1-6(2)8-3-7(4-8)5-8;1-6(2)7(3)4-5-7/h11-12H,3-10H2,1-2H3;8-11H,3-7H2,1-2H3;2*10-11H,3-9H2,1-2H3;3-10H,1-2H3;8-9H,3-7H2,1-2H3;7-8H,3-6H2,1-2H3;6-7H,3-5H2,1-2H3;6H,4-5H2,1-3H3. The van der Waals surface area contributed by atoms with E-state index >= 15 is 0 Å². The van der Waals surface area contributed by atoms with Gasteiger partial charge >= 0.3 is 0 Å². The lowest BCUT2D eigenvalue weighted by molar-refractivity contribution is -0.624. The Morgan fingerprint density at radius 3 is 1.01 bits per heavy atom. The maximum atomic E-state index is 6.27. The van der Waals surface area contributed by atoms with Crippen molar-refractivity contribution in [3.8, 4) is 0 Å². The molecule has 0 N–H and O–H groups in total. The summed E-state index contributed by atoms with van der Waals surface area (Å²) in [5.41, 5.74) is 6.98. The third-order valence-corrected chi connectivity index (χ3v) is 37.0. The van der Waals surface area contributed by atoms with Crippen LogP contribution >= 0.6 is 0 Å². The first-order valence-corrected chi connectivity index (χ1v) is 44.7. The molecular weight excluding hydrogens is 1160 g/mol. The first-order chi connectivity index (χ1) is 45.5. The van der Waals surface area contributed by atoms with Crippen LogP contribution in [0.3, 0.4) is 0 Å². The van der Waals surface area contributed by atoms with Crippen LogP contribution in [-0.2, 0) is 9.47 Å². The molecule has 3 aliphatic heterocycles. The van der Waals surface area contributed by atoms with E-state index in [2.05, 4.69) is 132 Å². The van der Waals surface area contributed by atoms with Crippen LogP contribution in [-0.4, -0.2) is 24.9 Å². The lowest BCUT2D eigenvalue weighted by Gasteiger charge is -3.09. The van der Waals surface area contributed by atoms with Gasteiger partial charge in [0.05, 0.1) is 24.9 Å². The van der Waals surface area contributed by atoms with Crippen molar-refractivity contribution < 1.29 is 9.47 Å². The van der Waals surface area contributed by atoms with Crippen LogP contribution in [0.1, 0.15) is 382 Å². The Morgan fingerprint density at radius 2 is 0.740 bits per heavy atom. The van der Waals surface area contributed by atoms with E-state index in [0.29, 0.717) is 17.1 Å². The van der Waals surface area contributed by atoms with Gasteiger partial charge in [-0.15, -0.1) is 0 Å². The summed E-state index contributed by atoms with van der Waals surface area (Å²) in [6, 6.07) is 0. The molecule has 24 fully saturated rings. The summed E-state index contributed by atoms with van der Waals surface area (Å²) in [6.07, 6.45) is 59.6. The lowest BCUT2D eigenvalue weighted by Crippen LogP contribution is -3.06. The van der Waals surface area contributed by atoms with Gasteiger partial charge < -0.3 is 9.47 Å². The van der Waals surface area contributed by atoms with Crippen LogP contribution in [0.5, 0.6) is 0 Å². The maximum Gasteiger partial charge on any atom is 0.0714 e. The highest BCUT2D eigenvalue weighted by Crippen LogP contribution is 3.07. The predicted molar refractivity (Wildman–Crippen MR) is 410 cm³/mol. The second-order valence-electron chi connectivity index (χ2n) is 44.9. The van der Waals surface area contributed by atoms with Gasteiger partial charge in [-0.2, -0.15) is 0 Å². The normalized spacial score (nSPS) is 43.3. The molecule has 6 bridgehead atoms. The lowest BCUT2D eigenvalue weighted by atomic mass is 8.95. The summed E-state index contributed by atoms with van der Waals surface area (Å²) in [4.78, 5) is 0. The highest BCUT2D eigenvalue weighted by atomic mass is 16.5. The fraction of sp³-hybridized carbons (Fsp3) is 1.00. The molecule has 0 aromatic heterocycles. The van der Waals surface area contributed by atoms with Crippen molar-refractivity contribution in [1.29, 1.82) is 0 Å². The molecule has 24 rings (SSSR count). The summed E-state index contributed by atoms with van der Waals surface area (Å²) in [5, 5.41) is 0. The Labute approximate surface area is 598 Å². The van der Waals surface area contributed by atoms with E-state index in [1.807, 2.05) is 0 Å². The molecule has 0 aromatic rings. The van der Waals surface area contributed by atoms with Crippen molar-refractivity contribution in [2.45, 2.75) is 394 Å². The molecule has 2 heteroatoms. The summed E-state index contributed by atoms with van der Waals surface area (Å²) in [5.74, 6) is 25.7. The molecule has 21 saturated carbocycles. The highest BCUT2D eigenvalue weighted by Gasteiger charge is 3.04. The van der Waals surface area contributed by atoms with E-state index in [-0.39, 0.29) is 0 Å². The Hall–Kier alpha value is -0.0800. The first kappa shape index (κ1) is 74.2. The van der Waals surface area contributed by atoms with E-state index in [1.54, 1.807) is 116 Å². The molecular formula is C94H164O2. The zero-order chi connectivity index (χ0) is 68.3. The average molecular weight is 1330 g/mol. The van der Waals surface area contributed by atoms with Crippen molar-refractivity contribution in [1.82, 2.24) is 0 Å². The number of hydrogen-bond donors (Lipinski definition) is 0. The van der Waals surface area contributed by atoms with E-state index < -0.39 is 0 Å². The molecule has 3 heterocycles. The van der Waals surface area contributed by atoms with Crippen molar-refractivity contribution >= 4 is 0 Å². The minimum atomic E-state index is 0.300. The topological polar surface area (TPSA) is 18.5 Å². The monoisotopic (exact) mass is 1330 g/mol. The first-order valence-electron chi connectivity index (χ1n) is 44.7. The van der Waals surface area contributed by atoms with Gasteiger partial charge in [-0.25, -0.2) is 0 Å². The minimum Gasteiger partial charge on any atom is -0.380 e. The predicted octanol–water partition coefficient (Wildman–Crippen LogP) is 27.6. The summed E-state index contributed by atoms with van der Waals surface area (Å²) in [7, 11) is 0. The van der Waals surface area contributed by atoms with Gasteiger partial charge in [0, 0.05) is 5.41 Å². The second kappa shape index (κ2) is 28.3. The Bertz CT molecular complexity index is 2340. The van der Waals surface area contributed by atoms with E-state index in [1.165, 1.54) is 176 Å². The van der Waals surface area contributed by atoms with E-state index in [4.69, 9.17) is 9.47 Å². The number of rotatable bonds is 9. The fourth-order valence-electron chi connectivity index (χ4n) is 28.9. The van der Waals surface area contributed by atoms with Gasteiger partial charge in [-0.3, -0.25) is 0 Å². The second-order valence-corrected chi connectivity index (χ2v) is 44.9. The van der Waals surface area contributed by atoms with Crippen LogP contribution in [0.25, 0.3) is 0 Å². The zero-order valence-corrected chi connectivity index (χ0v) is 67.7. The molecule has 4 atom stereocenters. The van der Waals surface area contributed by atoms with Crippen LogP contribution < -0.4 is 0 Å². The highest BCUT2D eigenvalue weighted by molar-refractivity contribution is 5.50. The van der Waals surface area contributed by atoms with Gasteiger partial charge in [0.1, 0.15) is 0 Å². The third kappa shape index (κ3) is 13.6.